The van der Waals surface area contributed by atoms with Gasteiger partial charge in [0.05, 0.1) is 16.7 Å². The van der Waals surface area contributed by atoms with Crippen molar-refractivity contribution in [3.63, 3.8) is 0 Å². The molecule has 1 N–H and O–H groups in total. The van der Waals surface area contributed by atoms with E-state index in [0.717, 1.165) is 6.07 Å². The Morgan fingerprint density at radius 1 is 1.00 bits per heavy atom. The molecule has 0 spiro atoms. The zero-order chi connectivity index (χ0) is 15.0. The van der Waals surface area contributed by atoms with Crippen LogP contribution in [0, 0.1) is 11.6 Å². The van der Waals surface area contributed by atoms with Gasteiger partial charge in [-0.25, -0.2) is 17.2 Å². The first kappa shape index (κ1) is 14.0. The van der Waals surface area contributed by atoms with Crippen LogP contribution in [0.25, 0.3) is 0 Å². The van der Waals surface area contributed by atoms with Gasteiger partial charge < -0.3 is 5.32 Å². The predicted molar refractivity (Wildman–Crippen MR) is 75.8 cm³/mol. The van der Waals surface area contributed by atoms with E-state index in [4.69, 9.17) is 0 Å². The minimum absolute atomic E-state index is 0.00446. The Hall–Kier alpha value is -1.95. The van der Waals surface area contributed by atoms with Crippen molar-refractivity contribution in [3.8, 4) is 0 Å². The molecule has 0 bridgehead atoms. The predicted octanol–water partition coefficient (Wildman–Crippen LogP) is 3.30. The molecule has 2 aromatic carbocycles. The van der Waals surface area contributed by atoms with Crippen LogP contribution in [-0.4, -0.2) is 14.2 Å². The number of fused-ring (bicyclic) bond motifs is 1. The van der Waals surface area contributed by atoms with Gasteiger partial charge in [-0.15, -0.1) is 0 Å². The molecule has 110 valence electrons. The van der Waals surface area contributed by atoms with E-state index in [-0.39, 0.29) is 22.5 Å². The molecule has 0 aromatic heterocycles. The molecule has 1 unspecified atom stereocenters. The summed E-state index contributed by atoms with van der Waals surface area (Å²) < 4.78 is 50.4. The fourth-order valence-electron chi connectivity index (χ4n) is 2.51. The molecule has 6 heteroatoms. The molecule has 1 aliphatic rings. The standard InChI is InChI=1S/C15H13F2NO2S/c16-10-1-4-12(5-2-10)18-14-7-8-21(19,20)15-6-3-11(17)9-13(14)15/h1-6,9,14,18H,7-8H2. The van der Waals surface area contributed by atoms with Gasteiger partial charge in [0.2, 0.25) is 0 Å². The molecule has 0 radical (unpaired) electrons. The Morgan fingerprint density at radius 3 is 2.38 bits per heavy atom. The van der Waals surface area contributed by atoms with Crippen molar-refractivity contribution in [1.82, 2.24) is 0 Å². The van der Waals surface area contributed by atoms with E-state index in [1.165, 1.54) is 24.3 Å². The van der Waals surface area contributed by atoms with Crippen LogP contribution in [0.4, 0.5) is 14.5 Å². The lowest BCUT2D eigenvalue weighted by atomic mass is 10.0. The third-order valence-corrected chi connectivity index (χ3v) is 5.36. The monoisotopic (exact) mass is 309 g/mol. The highest BCUT2D eigenvalue weighted by molar-refractivity contribution is 7.91. The number of anilines is 1. The highest BCUT2D eigenvalue weighted by Crippen LogP contribution is 2.34. The van der Waals surface area contributed by atoms with E-state index >= 15 is 0 Å². The van der Waals surface area contributed by atoms with Crippen molar-refractivity contribution < 1.29 is 17.2 Å². The summed E-state index contributed by atoms with van der Waals surface area (Å²) in [4.78, 5) is 0.162. The molecule has 0 saturated carbocycles. The van der Waals surface area contributed by atoms with Gasteiger partial charge in [0.15, 0.2) is 9.84 Å². The Morgan fingerprint density at radius 2 is 1.67 bits per heavy atom. The maximum Gasteiger partial charge on any atom is 0.178 e. The van der Waals surface area contributed by atoms with E-state index in [1.54, 1.807) is 12.1 Å². The topological polar surface area (TPSA) is 46.2 Å². The summed E-state index contributed by atoms with van der Waals surface area (Å²) in [7, 11) is -3.36. The molecule has 3 nitrogen and oxygen atoms in total. The Labute approximate surface area is 121 Å². The van der Waals surface area contributed by atoms with Crippen molar-refractivity contribution in [2.24, 2.45) is 0 Å². The van der Waals surface area contributed by atoms with Gasteiger partial charge in [0.1, 0.15) is 11.6 Å². The normalized spacial score (nSPS) is 19.8. The Kier molecular flexibility index (Phi) is 3.41. The second kappa shape index (κ2) is 5.11. The van der Waals surface area contributed by atoms with E-state index in [2.05, 4.69) is 5.32 Å². The number of rotatable bonds is 2. The lowest BCUT2D eigenvalue weighted by Gasteiger charge is -2.27. The summed E-state index contributed by atoms with van der Waals surface area (Å²) in [5, 5.41) is 3.13. The third-order valence-electron chi connectivity index (χ3n) is 3.54. The molecule has 1 heterocycles. The van der Waals surface area contributed by atoms with E-state index < -0.39 is 15.7 Å². The number of benzene rings is 2. The van der Waals surface area contributed by atoms with Gasteiger partial charge in [-0.05, 0) is 54.4 Å². The molecule has 2 aromatic rings. The SMILES string of the molecule is O=S1(=O)CCC(Nc2ccc(F)cc2)c2cc(F)ccc21. The van der Waals surface area contributed by atoms with E-state index in [9.17, 15) is 17.2 Å². The van der Waals surface area contributed by atoms with Gasteiger partial charge in [-0.1, -0.05) is 0 Å². The van der Waals surface area contributed by atoms with Gasteiger partial charge in [0.25, 0.3) is 0 Å². The van der Waals surface area contributed by atoms with Crippen LogP contribution < -0.4 is 5.32 Å². The molecule has 0 fully saturated rings. The second-order valence-electron chi connectivity index (χ2n) is 4.99. The summed E-state index contributed by atoms with van der Waals surface area (Å²) in [5.41, 5.74) is 1.08. The maximum atomic E-state index is 13.4. The molecule has 0 saturated heterocycles. The van der Waals surface area contributed by atoms with Gasteiger partial charge in [0, 0.05) is 5.69 Å². The van der Waals surface area contributed by atoms with Crippen LogP contribution in [0.15, 0.2) is 47.4 Å². The minimum atomic E-state index is -3.36. The van der Waals surface area contributed by atoms with Crippen molar-refractivity contribution in [3.05, 3.63) is 59.7 Å². The third kappa shape index (κ3) is 2.76. The number of halogens is 2. The number of hydrogen-bond acceptors (Lipinski definition) is 3. The van der Waals surface area contributed by atoms with Crippen LogP contribution in [0.1, 0.15) is 18.0 Å². The van der Waals surface area contributed by atoms with Crippen molar-refractivity contribution >= 4 is 15.5 Å². The molecular formula is C15H13F2NO2S. The maximum absolute atomic E-state index is 13.4. The van der Waals surface area contributed by atoms with E-state index in [0.29, 0.717) is 17.7 Å². The first-order valence-corrected chi connectivity index (χ1v) is 8.15. The summed E-state index contributed by atoms with van der Waals surface area (Å²) >= 11 is 0. The molecule has 1 atom stereocenters. The average molecular weight is 309 g/mol. The van der Waals surface area contributed by atoms with E-state index in [1.807, 2.05) is 0 Å². The van der Waals surface area contributed by atoms with Crippen molar-refractivity contribution in [1.29, 1.82) is 0 Å². The lowest BCUT2D eigenvalue weighted by molar-refractivity contribution is 0.570. The van der Waals surface area contributed by atoms with Crippen molar-refractivity contribution in [2.75, 3.05) is 11.1 Å². The molecule has 3 rings (SSSR count). The summed E-state index contributed by atoms with van der Waals surface area (Å²) in [5.74, 6) is -0.820. The summed E-state index contributed by atoms with van der Waals surface area (Å²) in [6.45, 7) is 0. The Bertz CT molecular complexity index is 773. The quantitative estimate of drug-likeness (QED) is 0.866. The first-order chi connectivity index (χ1) is 9.95. The number of sulfone groups is 1. The molecule has 21 heavy (non-hydrogen) atoms. The lowest BCUT2D eigenvalue weighted by Crippen LogP contribution is -2.24. The van der Waals surface area contributed by atoms with Crippen LogP contribution >= 0.6 is 0 Å². The minimum Gasteiger partial charge on any atom is -0.378 e. The van der Waals surface area contributed by atoms with Crippen LogP contribution in [0.2, 0.25) is 0 Å². The smallest absolute Gasteiger partial charge is 0.178 e. The first-order valence-electron chi connectivity index (χ1n) is 6.50. The Balaban J connectivity index is 1.98. The van der Waals surface area contributed by atoms with Gasteiger partial charge in [-0.2, -0.15) is 0 Å². The largest absolute Gasteiger partial charge is 0.378 e. The number of nitrogens with one attached hydrogen (secondary N) is 1. The van der Waals surface area contributed by atoms with Crippen LogP contribution in [0.5, 0.6) is 0 Å². The fraction of sp³-hybridized carbons (Fsp3) is 0.200. The average Bonchev–Trinajstić information content (AvgIpc) is 2.44. The molecule has 0 amide bonds. The summed E-state index contributed by atoms with van der Waals surface area (Å²) in [6, 6.07) is 9.14. The fourth-order valence-corrected chi connectivity index (χ4v) is 4.11. The molecular weight excluding hydrogens is 296 g/mol. The number of hydrogen-bond donors (Lipinski definition) is 1. The van der Waals surface area contributed by atoms with Crippen molar-refractivity contribution in [2.45, 2.75) is 17.4 Å². The van der Waals surface area contributed by atoms with Gasteiger partial charge in [-0.3, -0.25) is 0 Å². The molecule has 1 aliphatic heterocycles. The van der Waals surface area contributed by atoms with Gasteiger partial charge >= 0.3 is 0 Å². The highest BCUT2D eigenvalue weighted by atomic mass is 32.2. The van der Waals surface area contributed by atoms with Crippen LogP contribution in [0.3, 0.4) is 0 Å². The summed E-state index contributed by atoms with van der Waals surface area (Å²) in [6.07, 6.45) is 0.343. The van der Waals surface area contributed by atoms with Crippen LogP contribution in [-0.2, 0) is 9.84 Å². The zero-order valence-corrected chi connectivity index (χ0v) is 11.8. The molecule has 0 aliphatic carbocycles. The zero-order valence-electron chi connectivity index (χ0n) is 11.0. The highest BCUT2D eigenvalue weighted by Gasteiger charge is 2.30. The second-order valence-corrected chi connectivity index (χ2v) is 7.07.